The van der Waals surface area contributed by atoms with Gasteiger partial charge in [0.15, 0.2) is 6.23 Å². The second-order valence-electron chi connectivity index (χ2n) is 12.2. The van der Waals surface area contributed by atoms with Crippen molar-refractivity contribution < 1.29 is 34.0 Å². The van der Waals surface area contributed by atoms with Gasteiger partial charge < -0.3 is 34.0 Å². The lowest BCUT2D eigenvalue weighted by Gasteiger charge is -2.51. The zero-order valence-electron chi connectivity index (χ0n) is 27.4. The quantitative estimate of drug-likeness (QED) is 0.111. The molecule has 8 heteroatoms. The summed E-state index contributed by atoms with van der Waals surface area (Å²) in [7, 11) is 0. The third-order valence-corrected chi connectivity index (χ3v) is 8.42. The molecule has 8 nitrogen and oxygen atoms in total. The summed E-state index contributed by atoms with van der Waals surface area (Å²) in [5.74, 6) is -2.04. The monoisotopic (exact) mass is 661 g/mol. The fraction of sp³-hybridized carbons (Fsp3) is 0.268. The van der Waals surface area contributed by atoms with Gasteiger partial charge in [-0.1, -0.05) is 152 Å². The maximum absolute atomic E-state index is 12.5. The number of ether oxygens (including phenoxy) is 5. The highest BCUT2D eigenvalue weighted by atomic mass is 16.7. The molecule has 0 aliphatic carbocycles. The van der Waals surface area contributed by atoms with Gasteiger partial charge in [-0.3, -0.25) is 0 Å². The Kier molecular flexibility index (Phi) is 12.3. The van der Waals surface area contributed by atoms with Crippen LogP contribution in [0, 0.1) is 0 Å². The lowest BCUT2D eigenvalue weighted by molar-refractivity contribution is -0.420. The van der Waals surface area contributed by atoms with E-state index >= 15 is 0 Å². The van der Waals surface area contributed by atoms with Crippen molar-refractivity contribution in [3.8, 4) is 0 Å². The number of hydrogen-bond donors (Lipinski definition) is 2. The van der Waals surface area contributed by atoms with E-state index in [1.165, 1.54) is 0 Å². The molecule has 0 bridgehead atoms. The third kappa shape index (κ3) is 9.70. The summed E-state index contributed by atoms with van der Waals surface area (Å²) < 4.78 is 32.5. The minimum atomic E-state index is -2.04. The SMILES string of the molecule is ON(Cc1ccccc1)[C@@H]1O[C@](O)(COCc2ccccc2)[C@@H](OCc2ccccc2)[C@H](OCc2ccccc2)[C@H]1OCc1ccccc1. The first-order valence-electron chi connectivity index (χ1n) is 16.6. The number of hydrogen-bond acceptors (Lipinski definition) is 8. The molecule has 6 rings (SSSR count). The molecule has 0 aromatic heterocycles. The van der Waals surface area contributed by atoms with E-state index in [2.05, 4.69) is 0 Å². The zero-order valence-corrected chi connectivity index (χ0v) is 27.4. The Balaban J connectivity index is 1.35. The molecule has 0 spiro atoms. The van der Waals surface area contributed by atoms with Crippen molar-refractivity contribution in [2.24, 2.45) is 0 Å². The molecule has 0 unspecified atom stereocenters. The maximum atomic E-state index is 12.5. The van der Waals surface area contributed by atoms with Crippen molar-refractivity contribution >= 4 is 0 Å². The molecule has 1 aliphatic heterocycles. The number of hydroxylamine groups is 2. The highest BCUT2D eigenvalue weighted by Gasteiger charge is 2.58. The molecule has 5 atom stereocenters. The Morgan fingerprint density at radius 1 is 0.510 bits per heavy atom. The van der Waals surface area contributed by atoms with E-state index in [9.17, 15) is 10.3 Å². The van der Waals surface area contributed by atoms with E-state index in [4.69, 9.17) is 23.7 Å². The maximum Gasteiger partial charge on any atom is 0.220 e. The summed E-state index contributed by atoms with van der Waals surface area (Å²) >= 11 is 0. The van der Waals surface area contributed by atoms with E-state index in [1.54, 1.807) is 0 Å². The van der Waals surface area contributed by atoms with Gasteiger partial charge in [0.2, 0.25) is 5.79 Å². The average Bonchev–Trinajstić information content (AvgIpc) is 3.15. The van der Waals surface area contributed by atoms with E-state index in [1.807, 2.05) is 152 Å². The average molecular weight is 662 g/mol. The van der Waals surface area contributed by atoms with Gasteiger partial charge in [0.25, 0.3) is 0 Å². The van der Waals surface area contributed by atoms with Gasteiger partial charge in [0.05, 0.1) is 33.0 Å². The van der Waals surface area contributed by atoms with Crippen LogP contribution in [-0.4, -0.2) is 52.3 Å². The summed E-state index contributed by atoms with van der Waals surface area (Å²) in [6.07, 6.45) is -4.03. The Labute approximate surface area is 288 Å². The molecule has 254 valence electrons. The van der Waals surface area contributed by atoms with Crippen molar-refractivity contribution in [2.45, 2.75) is 63.3 Å². The molecule has 1 aliphatic rings. The minimum absolute atomic E-state index is 0.110. The van der Waals surface area contributed by atoms with E-state index < -0.39 is 30.3 Å². The van der Waals surface area contributed by atoms with Gasteiger partial charge >= 0.3 is 0 Å². The number of rotatable bonds is 16. The largest absolute Gasteiger partial charge is 0.371 e. The second-order valence-corrected chi connectivity index (χ2v) is 12.2. The van der Waals surface area contributed by atoms with Crippen LogP contribution in [0.2, 0.25) is 0 Å². The standard InChI is InChI=1S/C41H43NO7/c43-41(31-45-27-33-18-8-2-9-19-33)39(48-30-36-24-14-5-15-25-36)37(46-28-34-20-10-3-11-21-34)38(47-29-35-22-12-4-13-23-35)40(49-41)42(44)26-32-16-6-1-7-17-32/h1-25,37-40,43-44H,26-31H2/t37-,38-,39+,40-,41-/m1/s1. The van der Waals surface area contributed by atoms with Crippen LogP contribution in [0.1, 0.15) is 27.8 Å². The van der Waals surface area contributed by atoms with E-state index in [0.29, 0.717) is 0 Å². The number of benzene rings is 5. The lowest BCUT2D eigenvalue weighted by atomic mass is 9.93. The van der Waals surface area contributed by atoms with Crippen LogP contribution in [0.4, 0.5) is 0 Å². The molecule has 49 heavy (non-hydrogen) atoms. The molecule has 5 aromatic carbocycles. The van der Waals surface area contributed by atoms with Gasteiger partial charge in [-0.15, -0.1) is 0 Å². The van der Waals surface area contributed by atoms with Crippen molar-refractivity contribution in [2.75, 3.05) is 6.61 Å². The fourth-order valence-electron chi connectivity index (χ4n) is 5.91. The molecular formula is C41H43NO7. The van der Waals surface area contributed by atoms with Crippen LogP contribution in [0.15, 0.2) is 152 Å². The predicted octanol–water partition coefficient (Wildman–Crippen LogP) is 6.90. The molecule has 0 saturated carbocycles. The van der Waals surface area contributed by atoms with Crippen LogP contribution in [-0.2, 0) is 56.7 Å². The summed E-state index contributed by atoms with van der Waals surface area (Å²) in [5, 5.41) is 25.3. The minimum Gasteiger partial charge on any atom is -0.371 e. The topological polar surface area (TPSA) is 89.9 Å². The van der Waals surface area contributed by atoms with Gasteiger partial charge in [-0.2, -0.15) is 5.06 Å². The Hall–Kier alpha value is -4.22. The van der Waals surface area contributed by atoms with E-state index in [-0.39, 0.29) is 39.6 Å². The highest BCUT2D eigenvalue weighted by molar-refractivity contribution is 5.18. The molecule has 5 aromatic rings. The van der Waals surface area contributed by atoms with Gasteiger partial charge in [0.1, 0.15) is 24.9 Å². The second kappa shape index (κ2) is 17.4. The molecule has 2 N–H and O–H groups in total. The normalized spacial score (nSPS) is 22.3. The van der Waals surface area contributed by atoms with Gasteiger partial charge in [0, 0.05) is 0 Å². The van der Waals surface area contributed by atoms with Crippen molar-refractivity contribution in [3.05, 3.63) is 179 Å². The van der Waals surface area contributed by atoms with Crippen molar-refractivity contribution in [1.29, 1.82) is 0 Å². The molecular weight excluding hydrogens is 618 g/mol. The summed E-state index contributed by atoms with van der Waals surface area (Å²) in [6, 6.07) is 48.5. The summed E-state index contributed by atoms with van der Waals surface area (Å²) in [4.78, 5) is 0. The summed E-state index contributed by atoms with van der Waals surface area (Å²) in [5.41, 5.74) is 4.57. The zero-order chi connectivity index (χ0) is 33.7. The van der Waals surface area contributed by atoms with Crippen molar-refractivity contribution in [3.63, 3.8) is 0 Å². The van der Waals surface area contributed by atoms with Crippen LogP contribution < -0.4 is 0 Å². The smallest absolute Gasteiger partial charge is 0.220 e. The Morgan fingerprint density at radius 2 is 0.898 bits per heavy atom. The first kappa shape index (κ1) is 34.6. The van der Waals surface area contributed by atoms with Crippen LogP contribution >= 0.6 is 0 Å². The molecule has 0 amide bonds. The van der Waals surface area contributed by atoms with Gasteiger partial charge in [-0.25, -0.2) is 0 Å². The van der Waals surface area contributed by atoms with Crippen LogP contribution in [0.25, 0.3) is 0 Å². The molecule has 1 heterocycles. The van der Waals surface area contributed by atoms with Gasteiger partial charge in [-0.05, 0) is 27.8 Å². The fourth-order valence-corrected chi connectivity index (χ4v) is 5.91. The molecule has 0 radical (unpaired) electrons. The Morgan fingerprint density at radius 3 is 1.37 bits per heavy atom. The highest BCUT2D eigenvalue weighted by Crippen LogP contribution is 2.37. The molecule has 1 fully saturated rings. The first-order valence-corrected chi connectivity index (χ1v) is 16.6. The summed E-state index contributed by atoms with van der Waals surface area (Å²) in [6.45, 7) is 0.679. The predicted molar refractivity (Wildman–Crippen MR) is 185 cm³/mol. The van der Waals surface area contributed by atoms with E-state index in [0.717, 1.165) is 32.9 Å². The van der Waals surface area contributed by atoms with Crippen molar-refractivity contribution in [1.82, 2.24) is 5.06 Å². The van der Waals surface area contributed by atoms with Crippen LogP contribution in [0.3, 0.4) is 0 Å². The third-order valence-electron chi connectivity index (χ3n) is 8.42. The lowest BCUT2D eigenvalue weighted by Crippen LogP contribution is -2.70. The molecule has 1 saturated heterocycles. The number of nitrogens with zero attached hydrogens (tertiary/aromatic N) is 1. The Bertz CT molecular complexity index is 1650. The number of aliphatic hydroxyl groups is 1. The van der Waals surface area contributed by atoms with Crippen LogP contribution in [0.5, 0.6) is 0 Å². The first-order chi connectivity index (χ1) is 24.1.